The molecule has 0 unspecified atom stereocenters. The molecule has 2 heterocycles. The molecule has 2 aromatic heterocycles. The molecule has 0 aliphatic heterocycles. The molecule has 3 aromatic rings. The predicted octanol–water partition coefficient (Wildman–Crippen LogP) is 4.23. The maximum atomic E-state index is 13.5. The van der Waals surface area contributed by atoms with Gasteiger partial charge in [-0.1, -0.05) is 0 Å². The SMILES string of the molecule is COc1cnc(-c2ccc(F)cc2)c(NC(=O)C2CC2)c1COc1cnc(C)nc1C. The van der Waals surface area contributed by atoms with Crippen LogP contribution >= 0.6 is 0 Å². The first-order valence-corrected chi connectivity index (χ1v) is 10.0. The van der Waals surface area contributed by atoms with E-state index in [1.54, 1.807) is 24.5 Å². The number of hydrogen-bond acceptors (Lipinski definition) is 6. The molecule has 1 saturated carbocycles. The van der Waals surface area contributed by atoms with Crippen molar-refractivity contribution in [3.05, 3.63) is 59.6 Å². The summed E-state index contributed by atoms with van der Waals surface area (Å²) < 4.78 is 24.9. The number of pyridine rings is 1. The molecule has 0 spiro atoms. The Balaban J connectivity index is 1.75. The number of ether oxygens (including phenoxy) is 2. The molecule has 1 amide bonds. The van der Waals surface area contributed by atoms with Gasteiger partial charge < -0.3 is 14.8 Å². The summed E-state index contributed by atoms with van der Waals surface area (Å²) in [5.74, 6) is 1.24. The Morgan fingerprint density at radius 2 is 1.84 bits per heavy atom. The van der Waals surface area contributed by atoms with Gasteiger partial charge in [0.1, 0.15) is 24.0 Å². The van der Waals surface area contributed by atoms with Crippen molar-refractivity contribution in [3.63, 3.8) is 0 Å². The number of amides is 1. The van der Waals surface area contributed by atoms with Crippen molar-refractivity contribution < 1.29 is 18.7 Å². The lowest BCUT2D eigenvalue weighted by Crippen LogP contribution is -2.17. The molecule has 0 radical (unpaired) electrons. The van der Waals surface area contributed by atoms with E-state index in [-0.39, 0.29) is 24.2 Å². The molecule has 1 aromatic carbocycles. The van der Waals surface area contributed by atoms with Gasteiger partial charge in [0.25, 0.3) is 0 Å². The van der Waals surface area contributed by atoms with Crippen LogP contribution in [0.5, 0.6) is 11.5 Å². The van der Waals surface area contributed by atoms with Crippen LogP contribution in [0, 0.1) is 25.6 Å². The van der Waals surface area contributed by atoms with Crippen molar-refractivity contribution in [3.8, 4) is 22.8 Å². The van der Waals surface area contributed by atoms with E-state index in [9.17, 15) is 9.18 Å². The molecule has 31 heavy (non-hydrogen) atoms. The van der Waals surface area contributed by atoms with E-state index in [4.69, 9.17) is 9.47 Å². The van der Waals surface area contributed by atoms with Crippen LogP contribution in [-0.4, -0.2) is 28.0 Å². The molecule has 1 N–H and O–H groups in total. The number of hydrogen-bond donors (Lipinski definition) is 1. The van der Waals surface area contributed by atoms with Gasteiger partial charge in [0.2, 0.25) is 5.91 Å². The minimum Gasteiger partial charge on any atom is -0.495 e. The molecule has 1 fully saturated rings. The molecule has 1 aliphatic rings. The summed E-state index contributed by atoms with van der Waals surface area (Å²) in [6.07, 6.45) is 4.92. The fourth-order valence-corrected chi connectivity index (χ4v) is 3.25. The highest BCUT2D eigenvalue weighted by molar-refractivity contribution is 5.98. The van der Waals surface area contributed by atoms with Crippen LogP contribution in [0.3, 0.4) is 0 Å². The standard InChI is InChI=1S/C23H23FN4O3/c1-13-19(10-25-14(2)27-13)31-12-18-20(30-3)11-26-21(15-6-8-17(24)9-7-15)22(18)28-23(29)16-4-5-16/h6-11,16H,4-5,12H2,1-3H3,(H,28,29). The first-order valence-electron chi connectivity index (χ1n) is 10.0. The Kier molecular flexibility index (Phi) is 5.79. The van der Waals surface area contributed by atoms with Crippen LogP contribution in [0.15, 0.2) is 36.7 Å². The minimum absolute atomic E-state index is 0.00576. The molecule has 0 atom stereocenters. The number of rotatable bonds is 7. The van der Waals surface area contributed by atoms with E-state index < -0.39 is 0 Å². The summed E-state index contributed by atoms with van der Waals surface area (Å²) in [7, 11) is 1.53. The van der Waals surface area contributed by atoms with Gasteiger partial charge in [-0.3, -0.25) is 9.78 Å². The summed E-state index contributed by atoms with van der Waals surface area (Å²) >= 11 is 0. The first-order chi connectivity index (χ1) is 15.0. The smallest absolute Gasteiger partial charge is 0.227 e. The third kappa shape index (κ3) is 4.63. The van der Waals surface area contributed by atoms with Gasteiger partial charge in [0.05, 0.1) is 42.1 Å². The van der Waals surface area contributed by atoms with Gasteiger partial charge in [-0.2, -0.15) is 0 Å². The monoisotopic (exact) mass is 422 g/mol. The Morgan fingerprint density at radius 1 is 1.13 bits per heavy atom. The van der Waals surface area contributed by atoms with Crippen LogP contribution in [0.1, 0.15) is 29.9 Å². The van der Waals surface area contributed by atoms with Gasteiger partial charge in [-0.15, -0.1) is 0 Å². The third-order valence-corrected chi connectivity index (χ3v) is 5.11. The summed E-state index contributed by atoms with van der Waals surface area (Å²) in [5.41, 5.74) is 3.03. The summed E-state index contributed by atoms with van der Waals surface area (Å²) in [4.78, 5) is 25.6. The van der Waals surface area contributed by atoms with E-state index in [0.29, 0.717) is 45.5 Å². The van der Waals surface area contributed by atoms with E-state index in [1.807, 2.05) is 13.8 Å². The Labute approximate surface area is 179 Å². The van der Waals surface area contributed by atoms with Crippen molar-refractivity contribution >= 4 is 11.6 Å². The van der Waals surface area contributed by atoms with Crippen molar-refractivity contribution in [1.29, 1.82) is 0 Å². The van der Waals surface area contributed by atoms with Crippen molar-refractivity contribution in [2.24, 2.45) is 5.92 Å². The second-order valence-electron chi connectivity index (χ2n) is 7.45. The van der Waals surface area contributed by atoms with Gasteiger partial charge in [-0.25, -0.2) is 14.4 Å². The van der Waals surface area contributed by atoms with Crippen molar-refractivity contribution in [1.82, 2.24) is 15.0 Å². The highest BCUT2D eigenvalue weighted by Gasteiger charge is 2.31. The van der Waals surface area contributed by atoms with Crippen LogP contribution < -0.4 is 14.8 Å². The van der Waals surface area contributed by atoms with Gasteiger partial charge in [0, 0.05) is 11.5 Å². The quantitative estimate of drug-likeness (QED) is 0.613. The number of nitrogens with zero attached hydrogens (tertiary/aromatic N) is 3. The maximum Gasteiger partial charge on any atom is 0.227 e. The Bertz CT molecular complexity index is 1110. The minimum atomic E-state index is -0.348. The molecule has 0 saturated heterocycles. The zero-order chi connectivity index (χ0) is 22.0. The lowest BCUT2D eigenvalue weighted by Gasteiger charge is -2.19. The van der Waals surface area contributed by atoms with Crippen molar-refractivity contribution in [2.45, 2.75) is 33.3 Å². The van der Waals surface area contributed by atoms with Crippen molar-refractivity contribution in [2.75, 3.05) is 12.4 Å². The fourth-order valence-electron chi connectivity index (χ4n) is 3.25. The zero-order valence-electron chi connectivity index (χ0n) is 17.6. The molecule has 160 valence electrons. The van der Waals surface area contributed by atoms with Gasteiger partial charge >= 0.3 is 0 Å². The highest BCUT2D eigenvalue weighted by atomic mass is 19.1. The number of carbonyl (C=O) groups is 1. The lowest BCUT2D eigenvalue weighted by molar-refractivity contribution is -0.117. The second-order valence-corrected chi connectivity index (χ2v) is 7.45. The number of halogens is 1. The topological polar surface area (TPSA) is 86.2 Å². The third-order valence-electron chi connectivity index (χ3n) is 5.11. The van der Waals surface area contributed by atoms with Crippen LogP contribution in [0.2, 0.25) is 0 Å². The number of aromatic nitrogens is 3. The number of anilines is 1. The summed E-state index contributed by atoms with van der Waals surface area (Å²) in [5, 5.41) is 3.00. The molecular formula is C23H23FN4O3. The van der Waals surface area contributed by atoms with Crippen LogP contribution in [0.4, 0.5) is 10.1 Å². The van der Waals surface area contributed by atoms with Crippen LogP contribution in [0.25, 0.3) is 11.3 Å². The predicted molar refractivity (Wildman–Crippen MR) is 113 cm³/mol. The van der Waals surface area contributed by atoms with Crippen LogP contribution in [-0.2, 0) is 11.4 Å². The van der Waals surface area contributed by atoms with E-state index in [2.05, 4.69) is 20.3 Å². The maximum absolute atomic E-state index is 13.5. The number of aryl methyl sites for hydroxylation is 2. The summed E-state index contributed by atoms with van der Waals surface area (Å²) in [6, 6.07) is 5.97. The number of nitrogens with one attached hydrogen (secondary N) is 1. The van der Waals surface area contributed by atoms with E-state index >= 15 is 0 Å². The molecule has 8 heteroatoms. The summed E-state index contributed by atoms with van der Waals surface area (Å²) in [6.45, 7) is 3.75. The largest absolute Gasteiger partial charge is 0.495 e. The van der Waals surface area contributed by atoms with Gasteiger partial charge in [-0.05, 0) is 51.0 Å². The average Bonchev–Trinajstić information content (AvgIpc) is 3.60. The average molecular weight is 422 g/mol. The fraction of sp³-hybridized carbons (Fsp3) is 0.304. The zero-order valence-corrected chi connectivity index (χ0v) is 17.6. The molecule has 4 rings (SSSR count). The number of methoxy groups -OCH3 is 1. The molecular weight excluding hydrogens is 399 g/mol. The van der Waals surface area contributed by atoms with E-state index in [1.165, 1.54) is 19.2 Å². The Morgan fingerprint density at radius 3 is 2.48 bits per heavy atom. The number of benzene rings is 1. The van der Waals surface area contributed by atoms with Gasteiger partial charge in [0.15, 0.2) is 5.75 Å². The molecule has 7 nitrogen and oxygen atoms in total. The molecule has 1 aliphatic carbocycles. The molecule has 0 bridgehead atoms. The van der Waals surface area contributed by atoms with E-state index in [0.717, 1.165) is 12.8 Å². The normalized spacial score (nSPS) is 13.0. The second kappa shape index (κ2) is 8.67. The number of carbonyl (C=O) groups excluding carboxylic acids is 1. The lowest BCUT2D eigenvalue weighted by atomic mass is 10.0. The first kappa shape index (κ1) is 20.7. The highest BCUT2D eigenvalue weighted by Crippen LogP contribution is 2.38. The Hall–Kier alpha value is -3.55.